The second-order valence-corrected chi connectivity index (χ2v) is 11.2. The van der Waals surface area contributed by atoms with Gasteiger partial charge >= 0.3 is 0 Å². The minimum atomic E-state index is -0.522. The van der Waals surface area contributed by atoms with Gasteiger partial charge in [-0.2, -0.15) is 0 Å². The van der Waals surface area contributed by atoms with Gasteiger partial charge in [0.15, 0.2) is 0 Å². The average molecular weight is 661 g/mol. The number of nitrogens with one attached hydrogen (secondary N) is 2. The SMILES string of the molecule is O=C(Nc1ccc([N+](=O)[O-])cc1)c1cc(-c2ccccc2)nc2cc3nc(-c4ccccc4)cc(C(=O)Nc4ccc([N+](=O)[O-])cc4)c3cc12. The van der Waals surface area contributed by atoms with Gasteiger partial charge in [0.2, 0.25) is 0 Å². The Bertz CT molecular complexity index is 2280. The first-order chi connectivity index (χ1) is 24.2. The molecule has 0 fully saturated rings. The van der Waals surface area contributed by atoms with E-state index < -0.39 is 21.7 Å². The molecule has 12 heteroatoms. The molecule has 0 bridgehead atoms. The molecule has 2 aromatic heterocycles. The summed E-state index contributed by atoms with van der Waals surface area (Å²) >= 11 is 0. The van der Waals surface area contributed by atoms with Gasteiger partial charge in [-0.1, -0.05) is 60.7 Å². The largest absolute Gasteiger partial charge is 0.322 e. The first-order valence-electron chi connectivity index (χ1n) is 15.3. The van der Waals surface area contributed by atoms with Crippen molar-refractivity contribution in [1.82, 2.24) is 9.97 Å². The number of non-ortho nitro benzene ring substituents is 2. The van der Waals surface area contributed by atoms with E-state index >= 15 is 0 Å². The average Bonchev–Trinajstić information content (AvgIpc) is 3.14. The molecule has 0 aliphatic rings. The van der Waals surface area contributed by atoms with Crippen molar-refractivity contribution in [2.24, 2.45) is 0 Å². The van der Waals surface area contributed by atoms with Gasteiger partial charge in [-0.25, -0.2) is 9.97 Å². The second-order valence-electron chi connectivity index (χ2n) is 11.2. The van der Waals surface area contributed by atoms with Crippen LogP contribution in [0.2, 0.25) is 0 Å². The van der Waals surface area contributed by atoms with Crippen LogP contribution in [-0.2, 0) is 0 Å². The Morgan fingerprint density at radius 2 is 0.880 bits per heavy atom. The smallest absolute Gasteiger partial charge is 0.269 e. The Morgan fingerprint density at radius 3 is 1.24 bits per heavy atom. The van der Waals surface area contributed by atoms with E-state index in [0.717, 1.165) is 11.1 Å². The lowest BCUT2D eigenvalue weighted by Crippen LogP contribution is -2.14. The molecule has 50 heavy (non-hydrogen) atoms. The lowest BCUT2D eigenvalue weighted by molar-refractivity contribution is -0.385. The van der Waals surface area contributed by atoms with E-state index in [1.54, 1.807) is 24.3 Å². The number of hydrogen-bond acceptors (Lipinski definition) is 8. The summed E-state index contributed by atoms with van der Waals surface area (Å²) in [5.74, 6) is -0.984. The molecule has 2 N–H and O–H groups in total. The number of nitro groups is 2. The molecule has 0 saturated heterocycles. The number of fused-ring (bicyclic) bond motifs is 2. The van der Waals surface area contributed by atoms with Crippen LogP contribution >= 0.6 is 0 Å². The van der Waals surface area contributed by atoms with Crippen molar-refractivity contribution >= 4 is 56.4 Å². The number of anilines is 2. The van der Waals surface area contributed by atoms with Gasteiger partial charge in [-0.05, 0) is 48.5 Å². The van der Waals surface area contributed by atoms with Gasteiger partial charge < -0.3 is 10.6 Å². The monoisotopic (exact) mass is 660 g/mol. The zero-order valence-electron chi connectivity index (χ0n) is 25.9. The number of benzene rings is 5. The van der Waals surface area contributed by atoms with Gasteiger partial charge in [-0.15, -0.1) is 0 Å². The van der Waals surface area contributed by atoms with E-state index in [-0.39, 0.29) is 22.5 Å². The summed E-state index contributed by atoms with van der Waals surface area (Å²) in [6.45, 7) is 0. The summed E-state index contributed by atoms with van der Waals surface area (Å²) in [4.78, 5) is 58.9. The third kappa shape index (κ3) is 6.31. The summed E-state index contributed by atoms with van der Waals surface area (Å²) in [6.07, 6.45) is 0. The van der Waals surface area contributed by atoms with E-state index in [0.29, 0.717) is 44.6 Å². The minimum Gasteiger partial charge on any atom is -0.322 e. The van der Waals surface area contributed by atoms with Crippen molar-refractivity contribution in [2.45, 2.75) is 0 Å². The highest BCUT2D eigenvalue weighted by Gasteiger charge is 2.20. The van der Waals surface area contributed by atoms with Crippen molar-refractivity contribution in [2.75, 3.05) is 10.6 Å². The maximum absolute atomic E-state index is 13.9. The Hall–Kier alpha value is -7.34. The van der Waals surface area contributed by atoms with Crippen molar-refractivity contribution in [3.8, 4) is 22.5 Å². The summed E-state index contributed by atoms with van der Waals surface area (Å²) < 4.78 is 0. The normalized spacial score (nSPS) is 10.9. The molecule has 0 atom stereocenters. The highest BCUT2D eigenvalue weighted by atomic mass is 16.6. The molecular weight excluding hydrogens is 636 g/mol. The molecule has 7 rings (SSSR count). The number of nitro benzene ring substituents is 2. The maximum atomic E-state index is 13.9. The van der Waals surface area contributed by atoms with Crippen molar-refractivity contribution in [1.29, 1.82) is 0 Å². The molecule has 12 nitrogen and oxygen atoms in total. The molecule has 2 amide bonds. The minimum absolute atomic E-state index is 0.114. The third-order valence-electron chi connectivity index (χ3n) is 8.04. The van der Waals surface area contributed by atoms with E-state index in [9.17, 15) is 29.8 Å². The fraction of sp³-hybridized carbons (Fsp3) is 0. The van der Waals surface area contributed by atoms with Crippen LogP contribution in [0.1, 0.15) is 20.7 Å². The van der Waals surface area contributed by atoms with Crippen LogP contribution in [0.4, 0.5) is 22.7 Å². The van der Waals surface area contributed by atoms with Crippen molar-refractivity contribution in [3.05, 3.63) is 165 Å². The van der Waals surface area contributed by atoms with Crippen LogP contribution in [0.5, 0.6) is 0 Å². The molecule has 0 aliphatic carbocycles. The van der Waals surface area contributed by atoms with Gasteiger partial charge in [0.1, 0.15) is 0 Å². The molecule has 0 unspecified atom stereocenters. The van der Waals surface area contributed by atoms with Gasteiger partial charge in [0, 0.05) is 57.5 Å². The number of carbonyl (C=O) groups excluding carboxylic acids is 2. The highest BCUT2D eigenvalue weighted by Crippen LogP contribution is 2.33. The number of pyridine rings is 2. The molecule has 7 aromatic rings. The molecule has 0 aliphatic heterocycles. The summed E-state index contributed by atoms with van der Waals surface area (Å²) in [6, 6.07) is 36.4. The van der Waals surface area contributed by atoms with Gasteiger partial charge in [0.25, 0.3) is 23.2 Å². The zero-order valence-corrected chi connectivity index (χ0v) is 25.9. The zero-order chi connectivity index (χ0) is 34.8. The van der Waals surface area contributed by atoms with E-state index in [2.05, 4.69) is 10.6 Å². The quantitative estimate of drug-likeness (QED) is 0.0929. The van der Waals surface area contributed by atoms with E-state index in [1.165, 1.54) is 48.5 Å². The predicted octanol–water partition coefficient (Wildman–Crippen LogP) is 8.44. The van der Waals surface area contributed by atoms with Crippen molar-refractivity contribution < 1.29 is 19.4 Å². The van der Waals surface area contributed by atoms with Crippen LogP contribution in [0.25, 0.3) is 44.3 Å². The lowest BCUT2D eigenvalue weighted by atomic mass is 9.98. The Labute approximate surface area is 283 Å². The Morgan fingerprint density at radius 1 is 0.500 bits per heavy atom. The molecule has 5 aromatic carbocycles. The van der Waals surface area contributed by atoms with Crippen molar-refractivity contribution in [3.63, 3.8) is 0 Å². The van der Waals surface area contributed by atoms with Crippen LogP contribution in [-0.4, -0.2) is 31.6 Å². The molecular formula is C38H24N6O6. The lowest BCUT2D eigenvalue weighted by Gasteiger charge is -2.14. The Kier molecular flexibility index (Phi) is 8.16. The van der Waals surface area contributed by atoms with Gasteiger partial charge in [-0.3, -0.25) is 29.8 Å². The fourth-order valence-corrected chi connectivity index (χ4v) is 5.57. The second kappa shape index (κ2) is 13.0. The molecule has 0 saturated carbocycles. The Balaban J connectivity index is 1.40. The maximum Gasteiger partial charge on any atom is 0.269 e. The van der Waals surface area contributed by atoms with Crippen LogP contribution in [0.3, 0.4) is 0 Å². The standard InChI is InChI=1S/C38H24N6O6/c45-37(39-25-11-15-27(16-12-25)43(47)48)31-20-33(23-7-3-1-4-8-23)41-35-22-36-30(19-29(31)35)32(21-34(42-36)24-9-5-2-6-10-24)38(46)40-26-13-17-28(18-14-26)44(49)50/h1-22H,(H,39,45)(H,40,46). The first-order valence-corrected chi connectivity index (χ1v) is 15.3. The number of amides is 2. The molecule has 0 radical (unpaired) electrons. The third-order valence-corrected chi connectivity index (χ3v) is 8.04. The molecule has 2 heterocycles. The van der Waals surface area contributed by atoms with Crippen LogP contribution in [0, 0.1) is 20.2 Å². The number of nitrogens with zero attached hydrogens (tertiary/aromatic N) is 4. The fourth-order valence-electron chi connectivity index (χ4n) is 5.57. The predicted molar refractivity (Wildman–Crippen MR) is 190 cm³/mol. The highest BCUT2D eigenvalue weighted by molar-refractivity contribution is 6.18. The first kappa shape index (κ1) is 31.3. The summed E-state index contributed by atoms with van der Waals surface area (Å²) in [5.41, 5.74) is 4.48. The van der Waals surface area contributed by atoms with E-state index in [1.807, 2.05) is 60.7 Å². The van der Waals surface area contributed by atoms with Crippen LogP contribution < -0.4 is 10.6 Å². The number of hydrogen-bond donors (Lipinski definition) is 2. The van der Waals surface area contributed by atoms with Crippen LogP contribution in [0.15, 0.2) is 133 Å². The number of rotatable bonds is 8. The van der Waals surface area contributed by atoms with E-state index in [4.69, 9.17) is 9.97 Å². The molecule has 0 spiro atoms. The number of carbonyl (C=O) groups is 2. The number of aromatic nitrogens is 2. The summed E-state index contributed by atoms with van der Waals surface area (Å²) in [5, 5.41) is 28.8. The molecule has 242 valence electrons. The van der Waals surface area contributed by atoms with Gasteiger partial charge in [0.05, 0.1) is 43.4 Å². The topological polar surface area (TPSA) is 170 Å². The summed E-state index contributed by atoms with van der Waals surface area (Å²) in [7, 11) is 0.